The molecular formula is C28H38F6O3. The minimum atomic E-state index is -5.86. The molecule has 0 aromatic heterocycles. The Balaban J connectivity index is 1.76. The smallest absolute Gasteiger partial charge is 0.393 e. The van der Waals surface area contributed by atoms with Gasteiger partial charge in [0.1, 0.15) is 0 Å². The van der Waals surface area contributed by atoms with Crippen molar-refractivity contribution in [1.29, 1.82) is 0 Å². The predicted octanol–water partition coefficient (Wildman–Crippen LogP) is 7.10. The van der Waals surface area contributed by atoms with Crippen LogP contribution in [-0.2, 0) is 0 Å². The molecule has 3 aliphatic carbocycles. The molecule has 0 bridgehead atoms. The summed E-state index contributed by atoms with van der Waals surface area (Å²) < 4.78 is 78.2. The van der Waals surface area contributed by atoms with Crippen LogP contribution in [0.2, 0.25) is 0 Å². The number of aliphatic hydroxyl groups is 3. The van der Waals surface area contributed by atoms with Crippen LogP contribution in [0.4, 0.5) is 26.3 Å². The van der Waals surface area contributed by atoms with Gasteiger partial charge in [-0.1, -0.05) is 54.9 Å². The van der Waals surface area contributed by atoms with Gasteiger partial charge in [0.15, 0.2) is 0 Å². The quantitative estimate of drug-likeness (QED) is 0.260. The molecule has 3 N–H and O–H groups in total. The maximum absolute atomic E-state index is 13.0. The monoisotopic (exact) mass is 536 g/mol. The fourth-order valence-electron chi connectivity index (χ4n) is 5.75. The van der Waals surface area contributed by atoms with Gasteiger partial charge in [-0.05, 0) is 87.5 Å². The average Bonchev–Trinajstić information content (AvgIpc) is 3.52. The average molecular weight is 537 g/mol. The molecule has 2 fully saturated rings. The summed E-state index contributed by atoms with van der Waals surface area (Å²) in [7, 11) is 0. The standard InChI is InChI=1S/C28H38F6O3/c1-18-7-10-24(25(13-14-25)11-4-12-26(37,27(29,30)31)28(32,33)34)19(2)5-3-6-21(18)9-8-20-15-22(35)17-23(36)16-20/h4,8-10,12,18-19,22-23,35-37H,3,5-7,11,13-17H2,1-2H3/b12-4-,20-8-,21-9+,24-10+/t18?,19-,22?,23+/m0/s1. The van der Waals surface area contributed by atoms with Crippen molar-refractivity contribution in [2.75, 3.05) is 0 Å². The molecule has 9 heteroatoms. The molecular weight excluding hydrogens is 498 g/mol. The molecule has 3 aliphatic rings. The second-order valence-electron chi connectivity index (χ2n) is 11.3. The molecule has 0 saturated heterocycles. The highest BCUT2D eigenvalue weighted by Gasteiger charge is 2.69. The first-order valence-corrected chi connectivity index (χ1v) is 13.1. The van der Waals surface area contributed by atoms with Crippen LogP contribution < -0.4 is 0 Å². The summed E-state index contributed by atoms with van der Waals surface area (Å²) >= 11 is 0. The SMILES string of the molecule is CC1C/C=C(/C2(C/C=C\C(O)(C(F)(F)F)C(F)(F)F)CC2)[C@@H](C)CCC/C1=C\C=C1\CC(O)C[C@H](O)C1. The highest BCUT2D eigenvalue weighted by atomic mass is 19.4. The van der Waals surface area contributed by atoms with E-state index in [0.717, 1.165) is 36.5 Å². The number of allylic oxidation sites excluding steroid dienone is 6. The predicted molar refractivity (Wildman–Crippen MR) is 129 cm³/mol. The maximum Gasteiger partial charge on any atom is 0.429 e. The lowest BCUT2D eigenvalue weighted by Crippen LogP contribution is -2.55. The van der Waals surface area contributed by atoms with Gasteiger partial charge in [0.05, 0.1) is 12.2 Å². The van der Waals surface area contributed by atoms with Crippen LogP contribution in [0.25, 0.3) is 0 Å². The van der Waals surface area contributed by atoms with E-state index in [2.05, 4.69) is 26.0 Å². The fraction of sp³-hybridized carbons (Fsp3) is 0.714. The lowest BCUT2D eigenvalue weighted by molar-refractivity contribution is -0.347. The molecule has 0 aliphatic heterocycles. The lowest BCUT2D eigenvalue weighted by Gasteiger charge is -2.30. The van der Waals surface area contributed by atoms with Gasteiger partial charge in [-0.25, -0.2) is 0 Å². The van der Waals surface area contributed by atoms with Crippen molar-refractivity contribution in [3.05, 3.63) is 47.1 Å². The van der Waals surface area contributed by atoms with Gasteiger partial charge in [0.25, 0.3) is 5.60 Å². The molecule has 210 valence electrons. The van der Waals surface area contributed by atoms with Crippen molar-refractivity contribution >= 4 is 0 Å². The van der Waals surface area contributed by atoms with E-state index in [4.69, 9.17) is 0 Å². The van der Waals surface area contributed by atoms with E-state index >= 15 is 0 Å². The number of aliphatic hydroxyl groups excluding tert-OH is 2. The van der Waals surface area contributed by atoms with Gasteiger partial charge >= 0.3 is 12.4 Å². The molecule has 3 rings (SSSR count). The zero-order valence-corrected chi connectivity index (χ0v) is 21.4. The van der Waals surface area contributed by atoms with E-state index in [0.29, 0.717) is 38.5 Å². The third-order valence-electron chi connectivity index (χ3n) is 8.23. The van der Waals surface area contributed by atoms with Crippen molar-refractivity contribution in [3.8, 4) is 0 Å². The Kier molecular flexibility index (Phi) is 9.12. The van der Waals surface area contributed by atoms with E-state index in [9.17, 15) is 41.7 Å². The number of halogens is 6. The summed E-state index contributed by atoms with van der Waals surface area (Å²) in [6, 6.07) is 0. The Hall–Kier alpha value is -1.58. The highest BCUT2D eigenvalue weighted by Crippen LogP contribution is 2.58. The Bertz CT molecular complexity index is 897. The Morgan fingerprint density at radius 3 is 2.08 bits per heavy atom. The summed E-state index contributed by atoms with van der Waals surface area (Å²) in [5.74, 6) is 0.344. The van der Waals surface area contributed by atoms with E-state index in [1.807, 2.05) is 6.08 Å². The summed E-state index contributed by atoms with van der Waals surface area (Å²) in [5, 5.41) is 29.3. The lowest BCUT2D eigenvalue weighted by atomic mass is 9.80. The van der Waals surface area contributed by atoms with E-state index in [1.165, 1.54) is 5.57 Å². The van der Waals surface area contributed by atoms with Gasteiger partial charge in [-0.2, -0.15) is 26.3 Å². The summed E-state index contributed by atoms with van der Waals surface area (Å²) in [5.41, 5.74) is -1.97. The van der Waals surface area contributed by atoms with Crippen LogP contribution >= 0.6 is 0 Å². The second-order valence-corrected chi connectivity index (χ2v) is 11.3. The van der Waals surface area contributed by atoms with Crippen molar-refractivity contribution in [3.63, 3.8) is 0 Å². The molecule has 0 aromatic carbocycles. The minimum Gasteiger partial charge on any atom is -0.393 e. The molecule has 0 aromatic rings. The maximum atomic E-state index is 13.0. The third kappa shape index (κ3) is 7.09. The number of alkyl halides is 6. The molecule has 3 nitrogen and oxygen atoms in total. The molecule has 0 radical (unpaired) electrons. The van der Waals surface area contributed by atoms with Gasteiger partial charge < -0.3 is 15.3 Å². The molecule has 0 amide bonds. The Morgan fingerprint density at radius 2 is 1.54 bits per heavy atom. The number of hydrogen-bond donors (Lipinski definition) is 3. The molecule has 2 unspecified atom stereocenters. The van der Waals surface area contributed by atoms with Gasteiger partial charge in [-0.3, -0.25) is 0 Å². The van der Waals surface area contributed by atoms with Crippen molar-refractivity contribution in [2.45, 2.75) is 108 Å². The number of hydrogen-bond acceptors (Lipinski definition) is 3. The van der Waals surface area contributed by atoms with Gasteiger partial charge in [-0.15, -0.1) is 0 Å². The third-order valence-corrected chi connectivity index (χ3v) is 8.23. The van der Waals surface area contributed by atoms with Crippen LogP contribution in [0.5, 0.6) is 0 Å². The van der Waals surface area contributed by atoms with E-state index < -0.39 is 35.6 Å². The van der Waals surface area contributed by atoms with Crippen molar-refractivity contribution < 1.29 is 41.7 Å². The molecule has 4 atom stereocenters. The minimum absolute atomic E-state index is 0.0193. The van der Waals surface area contributed by atoms with Crippen LogP contribution in [-0.4, -0.2) is 45.5 Å². The summed E-state index contributed by atoms with van der Waals surface area (Å²) in [6.45, 7) is 4.16. The second kappa shape index (κ2) is 11.3. The Morgan fingerprint density at radius 1 is 0.946 bits per heavy atom. The molecule has 0 spiro atoms. The van der Waals surface area contributed by atoms with E-state index in [-0.39, 0.29) is 24.3 Å². The number of rotatable bonds is 5. The summed E-state index contributed by atoms with van der Waals surface area (Å²) in [4.78, 5) is 0. The fourth-order valence-corrected chi connectivity index (χ4v) is 5.75. The van der Waals surface area contributed by atoms with Crippen LogP contribution in [0.1, 0.15) is 78.1 Å². The van der Waals surface area contributed by atoms with Crippen LogP contribution in [0.15, 0.2) is 47.1 Å². The van der Waals surface area contributed by atoms with E-state index in [1.54, 1.807) is 0 Å². The topological polar surface area (TPSA) is 60.7 Å². The molecule has 0 heterocycles. The molecule has 37 heavy (non-hydrogen) atoms. The first-order valence-electron chi connectivity index (χ1n) is 13.1. The Labute approximate surface area is 214 Å². The molecule has 2 saturated carbocycles. The van der Waals surface area contributed by atoms with Gasteiger partial charge in [0.2, 0.25) is 0 Å². The van der Waals surface area contributed by atoms with Crippen molar-refractivity contribution in [1.82, 2.24) is 0 Å². The first kappa shape index (κ1) is 30.0. The van der Waals surface area contributed by atoms with Gasteiger partial charge in [0, 0.05) is 0 Å². The zero-order valence-electron chi connectivity index (χ0n) is 21.4. The summed E-state index contributed by atoms with van der Waals surface area (Å²) in [6.07, 6.45) is 0.345. The normalized spacial score (nSPS) is 33.6. The van der Waals surface area contributed by atoms with Crippen LogP contribution in [0, 0.1) is 17.3 Å². The largest absolute Gasteiger partial charge is 0.429 e. The highest BCUT2D eigenvalue weighted by molar-refractivity contribution is 5.29. The zero-order chi connectivity index (χ0) is 27.6. The van der Waals surface area contributed by atoms with Crippen LogP contribution in [0.3, 0.4) is 0 Å². The first-order chi connectivity index (χ1) is 17.1. The van der Waals surface area contributed by atoms with Crippen molar-refractivity contribution in [2.24, 2.45) is 17.3 Å².